The number of thiophene rings is 1. The molecule has 0 saturated heterocycles. The Bertz CT molecular complexity index is 3490. The summed E-state index contributed by atoms with van der Waals surface area (Å²) < 4.78 is 5.06. The van der Waals surface area contributed by atoms with Crippen LogP contribution in [0.3, 0.4) is 0 Å². The molecule has 63 heavy (non-hydrogen) atoms. The predicted molar refractivity (Wildman–Crippen MR) is 270 cm³/mol. The van der Waals surface area contributed by atoms with Gasteiger partial charge >= 0.3 is 0 Å². The van der Waals surface area contributed by atoms with Gasteiger partial charge in [-0.05, 0) is 106 Å². The Morgan fingerprint density at radius 2 is 0.810 bits per heavy atom. The van der Waals surface area contributed by atoms with Crippen molar-refractivity contribution in [2.24, 2.45) is 0 Å². The number of hydrogen-bond acceptors (Lipinski definition) is 2. The van der Waals surface area contributed by atoms with Crippen molar-refractivity contribution in [2.45, 2.75) is 0 Å². The minimum Gasteiger partial charge on any atom is -0.310 e. The minimum atomic E-state index is 1.10. The molecule has 0 fully saturated rings. The van der Waals surface area contributed by atoms with E-state index >= 15 is 0 Å². The number of anilines is 3. The number of fused-ring (bicyclic) bond motifs is 7. The van der Waals surface area contributed by atoms with Gasteiger partial charge in [0.05, 0.1) is 11.0 Å². The monoisotopic (exact) mass is 820 g/mol. The highest BCUT2D eigenvalue weighted by Crippen LogP contribution is 2.48. The first kappa shape index (κ1) is 36.8. The van der Waals surface area contributed by atoms with Crippen molar-refractivity contribution in [3.8, 4) is 50.2 Å². The van der Waals surface area contributed by atoms with Gasteiger partial charge in [-0.1, -0.05) is 176 Å². The lowest BCUT2D eigenvalue weighted by Crippen LogP contribution is -2.10. The number of rotatable bonds is 8. The molecule has 0 saturated carbocycles. The van der Waals surface area contributed by atoms with Gasteiger partial charge < -0.3 is 9.47 Å². The summed E-state index contributed by atoms with van der Waals surface area (Å²) in [6.07, 6.45) is 0. The van der Waals surface area contributed by atoms with Gasteiger partial charge in [-0.25, -0.2) is 0 Å². The molecule has 296 valence electrons. The fraction of sp³-hybridized carbons (Fsp3) is 0. The standard InChI is InChI=1S/C60H40N2S/c1-4-15-41(16-5-1)44-27-33-48(34-28-44)61(49-35-29-45(30-36-49)42-17-6-2-7-18-42)51-22-14-21-47(39-51)54-40-55-52-23-10-12-25-56(52)62(50-37-31-46(32-38-50)43-19-8-3-9-20-43)59(55)58-53-24-11-13-26-57(53)63-60(54)58/h1-40H. The van der Waals surface area contributed by atoms with Crippen LogP contribution in [0.25, 0.3) is 92.2 Å². The van der Waals surface area contributed by atoms with E-state index in [1.165, 1.54) is 86.5 Å². The third-order valence-electron chi connectivity index (χ3n) is 12.4. The SMILES string of the molecule is c1ccc(-c2ccc(N(c3ccc(-c4ccccc4)cc3)c3cccc(-c4cc5c6ccccc6n(-c6ccc(-c7ccccc7)cc6)c5c5c4sc4ccccc45)c3)cc2)cc1. The number of hydrogen-bond donors (Lipinski definition) is 0. The Hall–Kier alpha value is -7.98. The molecule has 0 aliphatic heterocycles. The molecule has 2 nitrogen and oxygen atoms in total. The van der Waals surface area contributed by atoms with Gasteiger partial charge in [-0.15, -0.1) is 11.3 Å². The van der Waals surface area contributed by atoms with Gasteiger partial charge in [0, 0.05) is 59.3 Å². The van der Waals surface area contributed by atoms with E-state index in [1.807, 2.05) is 11.3 Å². The molecular formula is C60H40N2S. The number of para-hydroxylation sites is 1. The summed E-state index contributed by atoms with van der Waals surface area (Å²) in [5, 5.41) is 5.07. The second kappa shape index (κ2) is 15.5. The molecule has 0 aliphatic rings. The molecule has 0 bridgehead atoms. The molecule has 12 aromatic rings. The molecule has 0 aliphatic carbocycles. The largest absolute Gasteiger partial charge is 0.310 e. The summed E-state index contributed by atoms with van der Waals surface area (Å²) in [6.45, 7) is 0. The van der Waals surface area contributed by atoms with E-state index in [0.29, 0.717) is 0 Å². The number of nitrogens with zero attached hydrogens (tertiary/aromatic N) is 2. The van der Waals surface area contributed by atoms with Crippen LogP contribution in [-0.4, -0.2) is 4.57 Å². The Balaban J connectivity index is 1.05. The van der Waals surface area contributed by atoms with Crippen molar-refractivity contribution in [1.82, 2.24) is 4.57 Å². The maximum atomic E-state index is 2.49. The first-order chi connectivity index (χ1) is 31.2. The lowest BCUT2D eigenvalue weighted by Gasteiger charge is -2.26. The topological polar surface area (TPSA) is 8.17 Å². The summed E-state index contributed by atoms with van der Waals surface area (Å²) in [5.41, 5.74) is 16.5. The van der Waals surface area contributed by atoms with E-state index in [9.17, 15) is 0 Å². The first-order valence-electron chi connectivity index (χ1n) is 21.5. The smallest absolute Gasteiger partial charge is 0.0634 e. The van der Waals surface area contributed by atoms with Crippen LogP contribution < -0.4 is 4.90 Å². The van der Waals surface area contributed by atoms with Gasteiger partial charge in [0.25, 0.3) is 0 Å². The summed E-state index contributed by atoms with van der Waals surface area (Å²) in [4.78, 5) is 2.39. The predicted octanol–water partition coefficient (Wildman–Crippen LogP) is 17.3. The second-order valence-electron chi connectivity index (χ2n) is 16.1. The highest BCUT2D eigenvalue weighted by Gasteiger charge is 2.22. The van der Waals surface area contributed by atoms with Gasteiger partial charge in [0.15, 0.2) is 0 Å². The van der Waals surface area contributed by atoms with Gasteiger partial charge in [0.1, 0.15) is 0 Å². The Morgan fingerprint density at radius 3 is 1.40 bits per heavy atom. The molecule has 2 heterocycles. The molecule has 0 radical (unpaired) electrons. The van der Waals surface area contributed by atoms with Crippen LogP contribution in [-0.2, 0) is 0 Å². The molecule has 12 rings (SSSR count). The van der Waals surface area contributed by atoms with Gasteiger partial charge in [0.2, 0.25) is 0 Å². The van der Waals surface area contributed by atoms with Crippen LogP contribution in [0.5, 0.6) is 0 Å². The lowest BCUT2D eigenvalue weighted by molar-refractivity contribution is 1.19. The van der Waals surface area contributed by atoms with Crippen molar-refractivity contribution < 1.29 is 0 Å². The summed E-state index contributed by atoms with van der Waals surface area (Å²) in [7, 11) is 0. The molecule has 0 atom stereocenters. The fourth-order valence-corrected chi connectivity index (χ4v) is 10.6. The Morgan fingerprint density at radius 1 is 0.333 bits per heavy atom. The van der Waals surface area contributed by atoms with Crippen molar-refractivity contribution in [1.29, 1.82) is 0 Å². The average molecular weight is 821 g/mol. The third kappa shape index (κ3) is 6.50. The fourth-order valence-electron chi connectivity index (χ4n) is 9.38. The molecule has 2 aromatic heterocycles. The molecule has 10 aromatic carbocycles. The normalized spacial score (nSPS) is 11.5. The van der Waals surface area contributed by atoms with Crippen LogP contribution in [0, 0.1) is 0 Å². The van der Waals surface area contributed by atoms with Crippen molar-refractivity contribution >= 4 is 70.4 Å². The second-order valence-corrected chi connectivity index (χ2v) is 17.2. The third-order valence-corrected chi connectivity index (χ3v) is 13.6. The molecule has 0 spiro atoms. The van der Waals surface area contributed by atoms with E-state index in [4.69, 9.17) is 0 Å². The maximum Gasteiger partial charge on any atom is 0.0634 e. The Labute approximate surface area is 370 Å². The van der Waals surface area contributed by atoms with E-state index < -0.39 is 0 Å². The molecule has 3 heteroatoms. The van der Waals surface area contributed by atoms with E-state index in [2.05, 4.69) is 252 Å². The minimum absolute atomic E-state index is 1.10. The maximum absolute atomic E-state index is 2.49. The van der Waals surface area contributed by atoms with E-state index in [1.54, 1.807) is 0 Å². The van der Waals surface area contributed by atoms with Crippen LogP contribution in [0.2, 0.25) is 0 Å². The first-order valence-corrected chi connectivity index (χ1v) is 22.3. The zero-order valence-electron chi connectivity index (χ0n) is 34.4. The number of aromatic nitrogens is 1. The van der Waals surface area contributed by atoms with Gasteiger partial charge in [-0.2, -0.15) is 0 Å². The average Bonchev–Trinajstić information content (AvgIpc) is 3.91. The molecule has 0 unspecified atom stereocenters. The molecular weight excluding hydrogens is 781 g/mol. The highest BCUT2D eigenvalue weighted by molar-refractivity contribution is 7.26. The van der Waals surface area contributed by atoms with Crippen molar-refractivity contribution in [3.63, 3.8) is 0 Å². The van der Waals surface area contributed by atoms with Crippen LogP contribution >= 0.6 is 11.3 Å². The molecule has 0 amide bonds. The lowest BCUT2D eigenvalue weighted by atomic mass is 9.98. The highest BCUT2D eigenvalue weighted by atomic mass is 32.1. The van der Waals surface area contributed by atoms with E-state index in [-0.39, 0.29) is 0 Å². The zero-order valence-corrected chi connectivity index (χ0v) is 35.2. The summed E-state index contributed by atoms with van der Waals surface area (Å²) >= 11 is 1.89. The van der Waals surface area contributed by atoms with Crippen molar-refractivity contribution in [2.75, 3.05) is 4.90 Å². The summed E-state index contributed by atoms with van der Waals surface area (Å²) in [6, 6.07) is 88.2. The van der Waals surface area contributed by atoms with Crippen molar-refractivity contribution in [3.05, 3.63) is 243 Å². The summed E-state index contributed by atoms with van der Waals surface area (Å²) in [5.74, 6) is 0. The van der Waals surface area contributed by atoms with Gasteiger partial charge in [-0.3, -0.25) is 0 Å². The van der Waals surface area contributed by atoms with Crippen LogP contribution in [0.1, 0.15) is 0 Å². The van der Waals surface area contributed by atoms with Crippen LogP contribution in [0.15, 0.2) is 243 Å². The number of benzene rings is 10. The van der Waals surface area contributed by atoms with Crippen LogP contribution in [0.4, 0.5) is 17.1 Å². The Kier molecular flexibility index (Phi) is 9.06. The quantitative estimate of drug-likeness (QED) is 0.148. The van der Waals surface area contributed by atoms with E-state index in [0.717, 1.165) is 22.7 Å². The molecule has 0 N–H and O–H groups in total. The zero-order chi connectivity index (χ0) is 41.7.